The summed E-state index contributed by atoms with van der Waals surface area (Å²) in [6.07, 6.45) is -0.944. The van der Waals surface area contributed by atoms with Crippen LogP contribution in [0.2, 0.25) is 5.02 Å². The van der Waals surface area contributed by atoms with Crippen molar-refractivity contribution in [1.82, 2.24) is 0 Å². The van der Waals surface area contributed by atoms with Crippen LogP contribution in [0.25, 0.3) is 0 Å². The molecule has 4 nitrogen and oxygen atoms in total. The monoisotopic (exact) mass is 244 g/mol. The van der Waals surface area contributed by atoms with Crippen molar-refractivity contribution in [3.05, 3.63) is 29.3 Å². The van der Waals surface area contributed by atoms with Gasteiger partial charge in [0.2, 0.25) is 0 Å². The Morgan fingerprint density at radius 1 is 1.44 bits per heavy atom. The van der Waals surface area contributed by atoms with Crippen LogP contribution in [0.4, 0.5) is 0 Å². The van der Waals surface area contributed by atoms with Crippen molar-refractivity contribution >= 4 is 17.6 Å². The summed E-state index contributed by atoms with van der Waals surface area (Å²) in [6, 6.07) is 6.70. The highest BCUT2D eigenvalue weighted by molar-refractivity contribution is 6.30. The lowest BCUT2D eigenvalue weighted by Gasteiger charge is -2.13. The smallest absolute Gasteiger partial charge is 0.336 e. The van der Waals surface area contributed by atoms with Crippen molar-refractivity contribution in [3.63, 3.8) is 0 Å². The average molecular weight is 245 g/mol. The van der Waals surface area contributed by atoms with E-state index in [9.17, 15) is 4.79 Å². The Labute approximate surface area is 98.7 Å². The molecule has 0 saturated carbocycles. The van der Waals surface area contributed by atoms with Gasteiger partial charge in [0.1, 0.15) is 12.4 Å². The molecule has 1 aromatic rings. The summed E-state index contributed by atoms with van der Waals surface area (Å²) in [5, 5.41) is 9.40. The minimum Gasteiger partial charge on any atom is -0.490 e. The van der Waals surface area contributed by atoms with E-state index in [0.29, 0.717) is 17.4 Å². The Kier molecular flexibility index (Phi) is 5.08. The van der Waals surface area contributed by atoms with Gasteiger partial charge in [-0.05, 0) is 31.2 Å². The molecular weight excluding hydrogens is 232 g/mol. The van der Waals surface area contributed by atoms with Gasteiger partial charge >= 0.3 is 5.97 Å². The van der Waals surface area contributed by atoms with Gasteiger partial charge in [0.25, 0.3) is 0 Å². The first-order chi connectivity index (χ1) is 7.63. The van der Waals surface area contributed by atoms with E-state index in [2.05, 4.69) is 0 Å². The second-order valence-electron chi connectivity index (χ2n) is 3.05. The largest absolute Gasteiger partial charge is 0.490 e. The van der Waals surface area contributed by atoms with E-state index in [1.54, 1.807) is 31.2 Å². The van der Waals surface area contributed by atoms with Crippen LogP contribution in [0.3, 0.4) is 0 Å². The molecule has 0 bridgehead atoms. The number of carboxylic acids is 1. The predicted molar refractivity (Wildman–Crippen MR) is 60.0 cm³/mol. The van der Waals surface area contributed by atoms with E-state index in [4.69, 9.17) is 26.2 Å². The average Bonchev–Trinajstić information content (AvgIpc) is 2.26. The molecular formula is C11H13ClO4. The molecule has 1 N–H and O–H groups in total. The van der Waals surface area contributed by atoms with Crippen molar-refractivity contribution < 1.29 is 19.4 Å². The lowest BCUT2D eigenvalue weighted by Crippen LogP contribution is -2.30. The molecule has 0 aliphatic heterocycles. The van der Waals surface area contributed by atoms with Crippen molar-refractivity contribution in [2.75, 3.05) is 13.2 Å². The molecule has 1 atom stereocenters. The van der Waals surface area contributed by atoms with E-state index in [1.807, 2.05) is 0 Å². The molecule has 0 amide bonds. The highest BCUT2D eigenvalue weighted by atomic mass is 35.5. The van der Waals surface area contributed by atoms with Gasteiger partial charge < -0.3 is 14.6 Å². The van der Waals surface area contributed by atoms with Crippen molar-refractivity contribution in [2.45, 2.75) is 13.0 Å². The van der Waals surface area contributed by atoms with E-state index in [-0.39, 0.29) is 6.61 Å². The van der Waals surface area contributed by atoms with E-state index in [0.717, 1.165) is 0 Å². The van der Waals surface area contributed by atoms with Gasteiger partial charge in [-0.25, -0.2) is 4.79 Å². The third kappa shape index (κ3) is 4.08. The number of ether oxygens (including phenoxy) is 2. The fourth-order valence-corrected chi connectivity index (χ4v) is 1.22. The fraction of sp³-hybridized carbons (Fsp3) is 0.364. The molecule has 0 heterocycles. The van der Waals surface area contributed by atoms with Crippen molar-refractivity contribution in [2.24, 2.45) is 0 Å². The molecule has 0 fully saturated rings. The number of hydrogen-bond acceptors (Lipinski definition) is 3. The quantitative estimate of drug-likeness (QED) is 0.834. The molecule has 88 valence electrons. The Morgan fingerprint density at radius 3 is 2.56 bits per heavy atom. The highest BCUT2D eigenvalue weighted by Gasteiger charge is 2.17. The third-order valence-electron chi connectivity index (χ3n) is 1.86. The topological polar surface area (TPSA) is 55.8 Å². The number of rotatable bonds is 6. The lowest BCUT2D eigenvalue weighted by molar-refractivity contribution is -0.152. The lowest BCUT2D eigenvalue weighted by atomic mass is 10.3. The van der Waals surface area contributed by atoms with Gasteiger partial charge in [-0.3, -0.25) is 0 Å². The number of halogens is 1. The maximum Gasteiger partial charge on any atom is 0.336 e. The van der Waals surface area contributed by atoms with Gasteiger partial charge in [0.05, 0.1) is 0 Å². The number of carboxylic acid groups (broad SMARTS) is 1. The van der Waals surface area contributed by atoms with E-state index >= 15 is 0 Å². The highest BCUT2D eigenvalue weighted by Crippen LogP contribution is 2.15. The van der Waals surface area contributed by atoms with Crippen LogP contribution in [-0.4, -0.2) is 30.4 Å². The molecule has 1 rings (SSSR count). The number of benzene rings is 1. The number of carbonyl (C=O) groups is 1. The third-order valence-corrected chi connectivity index (χ3v) is 2.11. The molecule has 1 unspecified atom stereocenters. The zero-order valence-electron chi connectivity index (χ0n) is 8.85. The van der Waals surface area contributed by atoms with Gasteiger partial charge in [0.15, 0.2) is 6.10 Å². The Hall–Kier alpha value is -1.26. The van der Waals surface area contributed by atoms with Crippen LogP contribution in [0.5, 0.6) is 5.75 Å². The molecule has 16 heavy (non-hydrogen) atoms. The number of aliphatic carboxylic acids is 1. The van der Waals surface area contributed by atoms with Gasteiger partial charge in [-0.2, -0.15) is 0 Å². The Morgan fingerprint density at radius 2 is 2.06 bits per heavy atom. The summed E-state index contributed by atoms with van der Waals surface area (Å²) in [5.41, 5.74) is 0. The maximum atomic E-state index is 10.7. The molecule has 0 aliphatic rings. The summed E-state index contributed by atoms with van der Waals surface area (Å²) in [5.74, 6) is -0.467. The van der Waals surface area contributed by atoms with Gasteiger partial charge in [0, 0.05) is 11.6 Å². The van der Waals surface area contributed by atoms with E-state index < -0.39 is 12.1 Å². The van der Waals surface area contributed by atoms with Crippen LogP contribution in [0, 0.1) is 0 Å². The molecule has 0 saturated heterocycles. The summed E-state index contributed by atoms with van der Waals surface area (Å²) >= 11 is 5.70. The standard InChI is InChI=1S/C11H13ClO4/c1-2-15-10(11(13)14)7-16-9-5-3-8(12)4-6-9/h3-6,10H,2,7H2,1H3,(H,13,14). The zero-order chi connectivity index (χ0) is 12.0. The first-order valence-electron chi connectivity index (χ1n) is 4.86. The first-order valence-corrected chi connectivity index (χ1v) is 5.24. The Bertz CT molecular complexity index is 336. The van der Waals surface area contributed by atoms with Crippen LogP contribution in [-0.2, 0) is 9.53 Å². The Balaban J connectivity index is 2.48. The molecule has 0 aliphatic carbocycles. The molecule has 1 aromatic carbocycles. The zero-order valence-corrected chi connectivity index (χ0v) is 9.61. The molecule has 0 radical (unpaired) electrons. The van der Waals surface area contributed by atoms with Crippen LogP contribution >= 0.6 is 11.6 Å². The van der Waals surface area contributed by atoms with Gasteiger partial charge in [-0.1, -0.05) is 11.6 Å². The minimum atomic E-state index is -1.03. The summed E-state index contributed by atoms with van der Waals surface area (Å²) < 4.78 is 10.3. The minimum absolute atomic E-state index is 0.0230. The summed E-state index contributed by atoms with van der Waals surface area (Å²) in [4.78, 5) is 10.7. The van der Waals surface area contributed by atoms with E-state index in [1.165, 1.54) is 0 Å². The first kappa shape index (κ1) is 12.8. The fourth-order valence-electron chi connectivity index (χ4n) is 1.09. The van der Waals surface area contributed by atoms with Crippen molar-refractivity contribution in [3.8, 4) is 5.75 Å². The normalized spacial score (nSPS) is 12.1. The van der Waals surface area contributed by atoms with Crippen LogP contribution < -0.4 is 4.74 Å². The van der Waals surface area contributed by atoms with Crippen molar-refractivity contribution in [1.29, 1.82) is 0 Å². The maximum absolute atomic E-state index is 10.7. The number of hydrogen-bond donors (Lipinski definition) is 1. The van der Waals surface area contributed by atoms with Gasteiger partial charge in [-0.15, -0.1) is 0 Å². The second-order valence-corrected chi connectivity index (χ2v) is 3.48. The predicted octanol–water partition coefficient (Wildman–Crippen LogP) is 2.21. The molecule has 0 aromatic heterocycles. The molecule has 0 spiro atoms. The van der Waals surface area contributed by atoms with Crippen LogP contribution in [0.1, 0.15) is 6.92 Å². The second kappa shape index (κ2) is 6.35. The SMILES string of the molecule is CCOC(COc1ccc(Cl)cc1)C(=O)O. The van der Waals surface area contributed by atoms with Crippen LogP contribution in [0.15, 0.2) is 24.3 Å². The summed E-state index contributed by atoms with van der Waals surface area (Å²) in [7, 11) is 0. The summed E-state index contributed by atoms with van der Waals surface area (Å²) in [6.45, 7) is 2.05. The molecule has 5 heteroatoms.